The summed E-state index contributed by atoms with van der Waals surface area (Å²) in [6.07, 6.45) is 19.3. The molecular weight excluding hydrogens is 533 g/mol. The molecule has 0 unspecified atom stereocenters. The van der Waals surface area contributed by atoms with E-state index in [1.165, 1.54) is 89.7 Å². The highest BCUT2D eigenvalue weighted by Gasteiger charge is 2.50. The lowest BCUT2D eigenvalue weighted by molar-refractivity contribution is 1.16. The molecule has 0 bridgehead atoms. The first-order valence-corrected chi connectivity index (χ1v) is 18.3. The number of fused-ring (bicyclic) bond motifs is 4. The van der Waals surface area contributed by atoms with Crippen molar-refractivity contribution in [2.75, 3.05) is 0 Å². The van der Waals surface area contributed by atoms with Gasteiger partial charge in [-0.05, 0) is 81.3 Å². The smallest absolute Gasteiger partial charge is 0.0682 e. The molecule has 2 saturated carbocycles. The van der Waals surface area contributed by atoms with E-state index in [1.54, 1.807) is 0 Å². The van der Waals surface area contributed by atoms with E-state index in [2.05, 4.69) is 162 Å². The zero-order chi connectivity index (χ0) is 29.3. The van der Waals surface area contributed by atoms with Crippen LogP contribution in [0.15, 0.2) is 120 Å². The summed E-state index contributed by atoms with van der Waals surface area (Å²) in [6, 6.07) is 30.9. The SMILES string of the molecule is C[C]1[CH][C]2[C]([CH]1)C([Si](C)(C)C1=CC=C(c3cccc4ccccc34)[C]3[CH][C](C)[CH][C]31)=CC=C2c1cccc2ccccc12. The Labute approximate surface area is 258 Å². The minimum atomic E-state index is -2.11. The Morgan fingerprint density at radius 1 is 0.419 bits per heavy atom. The van der Waals surface area contributed by atoms with Gasteiger partial charge in [-0.25, -0.2) is 0 Å². The van der Waals surface area contributed by atoms with Crippen LogP contribution in [0.3, 0.4) is 0 Å². The molecule has 206 valence electrons. The van der Waals surface area contributed by atoms with Gasteiger partial charge in [-0.3, -0.25) is 0 Å². The zero-order valence-corrected chi connectivity index (χ0v) is 26.2. The van der Waals surface area contributed by atoms with Gasteiger partial charge in [-0.15, -0.1) is 0 Å². The number of rotatable bonds is 4. The van der Waals surface area contributed by atoms with E-state index in [4.69, 9.17) is 0 Å². The molecule has 10 radical (unpaired) electrons. The van der Waals surface area contributed by atoms with Gasteiger partial charge >= 0.3 is 0 Å². The van der Waals surface area contributed by atoms with Crippen molar-refractivity contribution >= 4 is 40.8 Å². The molecule has 43 heavy (non-hydrogen) atoms. The predicted molar refractivity (Wildman–Crippen MR) is 186 cm³/mol. The van der Waals surface area contributed by atoms with Crippen molar-refractivity contribution in [2.45, 2.75) is 26.9 Å². The van der Waals surface area contributed by atoms with Crippen LogP contribution in [0.4, 0.5) is 0 Å². The lowest BCUT2D eigenvalue weighted by Gasteiger charge is -2.41. The third kappa shape index (κ3) is 4.38. The van der Waals surface area contributed by atoms with Crippen LogP contribution in [0.25, 0.3) is 32.7 Å². The predicted octanol–water partition coefficient (Wildman–Crippen LogP) is 10.5. The molecule has 4 aromatic carbocycles. The lowest BCUT2D eigenvalue weighted by Crippen LogP contribution is -2.40. The monoisotopic (exact) mass is 566 g/mol. The van der Waals surface area contributed by atoms with Crippen LogP contribution in [-0.4, -0.2) is 8.07 Å². The summed E-state index contributed by atoms with van der Waals surface area (Å²) in [7, 11) is -2.11. The van der Waals surface area contributed by atoms with E-state index in [1.807, 2.05) is 0 Å². The molecule has 0 amide bonds. The first-order valence-electron chi connectivity index (χ1n) is 15.3. The van der Waals surface area contributed by atoms with Gasteiger partial charge in [0.1, 0.15) is 8.07 Å². The quantitative estimate of drug-likeness (QED) is 0.216. The van der Waals surface area contributed by atoms with E-state index in [9.17, 15) is 0 Å². The van der Waals surface area contributed by atoms with E-state index in [-0.39, 0.29) is 0 Å². The highest BCUT2D eigenvalue weighted by atomic mass is 28.3. The summed E-state index contributed by atoms with van der Waals surface area (Å²) >= 11 is 0. The van der Waals surface area contributed by atoms with Gasteiger partial charge in [-0.1, -0.05) is 147 Å². The highest BCUT2D eigenvalue weighted by molar-refractivity contribution is 6.92. The number of benzene rings is 4. The molecular formula is C42H34Si. The van der Waals surface area contributed by atoms with Crippen molar-refractivity contribution in [1.29, 1.82) is 0 Å². The van der Waals surface area contributed by atoms with E-state index < -0.39 is 8.07 Å². The van der Waals surface area contributed by atoms with E-state index >= 15 is 0 Å². The number of allylic oxidation sites excluding steroid dienone is 8. The molecule has 0 nitrogen and oxygen atoms in total. The van der Waals surface area contributed by atoms with Crippen LogP contribution in [0.5, 0.6) is 0 Å². The summed E-state index contributed by atoms with van der Waals surface area (Å²) in [5, 5.41) is 8.22. The summed E-state index contributed by atoms with van der Waals surface area (Å²) < 4.78 is 0. The molecule has 0 aliphatic heterocycles. The maximum Gasteiger partial charge on any atom is 0.104 e. The first kappa shape index (κ1) is 27.1. The van der Waals surface area contributed by atoms with Gasteiger partial charge in [0.15, 0.2) is 0 Å². The normalized spacial score (nSPS) is 21.1. The minimum absolute atomic E-state index is 1.29. The summed E-state index contributed by atoms with van der Waals surface area (Å²) in [6.45, 7) is 9.55. The molecule has 4 aromatic rings. The third-order valence-corrected chi connectivity index (χ3v) is 13.1. The van der Waals surface area contributed by atoms with Gasteiger partial charge in [-0.2, -0.15) is 0 Å². The lowest BCUT2D eigenvalue weighted by atomic mass is 9.79. The molecule has 1 heteroatoms. The molecule has 0 spiro atoms. The second kappa shape index (κ2) is 10.3. The van der Waals surface area contributed by atoms with Crippen LogP contribution in [0.2, 0.25) is 13.1 Å². The summed E-state index contributed by atoms with van der Waals surface area (Å²) in [4.78, 5) is 0. The standard InChI is InChI=1S/C42H34Si/c1-27-23-37-35(33-17-9-13-29-11-5-7-15-31(29)33)19-21-41(39(37)25-27)43(3,4)42-22-20-36(38-24-28(2)26-40(38)42)34-18-10-14-30-12-6-8-16-32(30)34/h5-26H,1-4H3. The largest absolute Gasteiger partial charge is 0.104 e. The van der Waals surface area contributed by atoms with Gasteiger partial charge in [0.05, 0.1) is 0 Å². The molecule has 4 aliphatic carbocycles. The summed E-state index contributed by atoms with van der Waals surface area (Å²) in [5.41, 5.74) is 5.28. The molecule has 0 heterocycles. The van der Waals surface area contributed by atoms with Crippen molar-refractivity contribution in [1.82, 2.24) is 0 Å². The first-order chi connectivity index (χ1) is 20.9. The molecule has 4 aliphatic rings. The average molecular weight is 567 g/mol. The van der Waals surface area contributed by atoms with Gasteiger partial charge < -0.3 is 0 Å². The minimum Gasteiger partial charge on any atom is -0.0682 e. The topological polar surface area (TPSA) is 0 Å². The molecule has 0 saturated heterocycles. The molecule has 0 aromatic heterocycles. The molecule has 0 atom stereocenters. The Balaban J connectivity index is 1.23. The van der Waals surface area contributed by atoms with Crippen LogP contribution in [0.1, 0.15) is 25.0 Å². The number of hydrogen-bond donors (Lipinski definition) is 0. The van der Waals surface area contributed by atoms with Crippen LogP contribution in [-0.2, 0) is 0 Å². The van der Waals surface area contributed by atoms with Gasteiger partial charge in [0.25, 0.3) is 0 Å². The average Bonchev–Trinajstić information content (AvgIpc) is 3.61. The fourth-order valence-electron chi connectivity index (χ4n) is 7.51. The maximum atomic E-state index is 2.54. The Kier molecular flexibility index (Phi) is 6.53. The van der Waals surface area contributed by atoms with Gasteiger partial charge in [0, 0.05) is 23.7 Å². The molecule has 8 rings (SSSR count). The zero-order valence-electron chi connectivity index (χ0n) is 25.2. The Hall–Kier alpha value is -3.42. The maximum absolute atomic E-state index is 2.54. The fourth-order valence-corrected chi connectivity index (χ4v) is 10.6. The van der Waals surface area contributed by atoms with Crippen LogP contribution in [0, 0.1) is 61.2 Å². The van der Waals surface area contributed by atoms with E-state index in [0.29, 0.717) is 0 Å². The van der Waals surface area contributed by atoms with Crippen LogP contribution < -0.4 is 0 Å². The third-order valence-electron chi connectivity index (χ3n) is 9.57. The van der Waals surface area contributed by atoms with Crippen molar-refractivity contribution in [3.05, 3.63) is 192 Å². The van der Waals surface area contributed by atoms with E-state index in [0.717, 1.165) is 0 Å². The fraction of sp³-hybridized carbons (Fsp3) is 0.0952. The Morgan fingerprint density at radius 3 is 1.28 bits per heavy atom. The summed E-state index contributed by atoms with van der Waals surface area (Å²) in [5.74, 6) is 8.22. The van der Waals surface area contributed by atoms with Crippen molar-refractivity contribution in [3.8, 4) is 0 Å². The van der Waals surface area contributed by atoms with Crippen LogP contribution >= 0.6 is 0 Å². The van der Waals surface area contributed by atoms with Crippen molar-refractivity contribution in [2.24, 2.45) is 0 Å². The highest BCUT2D eigenvalue weighted by Crippen LogP contribution is 2.59. The van der Waals surface area contributed by atoms with Crippen molar-refractivity contribution in [3.63, 3.8) is 0 Å². The molecule has 2 fully saturated rings. The Morgan fingerprint density at radius 2 is 0.814 bits per heavy atom. The van der Waals surface area contributed by atoms with Gasteiger partial charge in [0.2, 0.25) is 0 Å². The second-order valence-corrected chi connectivity index (χ2v) is 17.0. The number of hydrogen-bond acceptors (Lipinski definition) is 0. The second-order valence-electron chi connectivity index (χ2n) is 12.7. The van der Waals surface area contributed by atoms with Crippen molar-refractivity contribution < 1.29 is 0 Å². The Bertz CT molecular complexity index is 1720. The molecule has 0 N–H and O–H groups in total.